The summed E-state index contributed by atoms with van der Waals surface area (Å²) in [4.78, 5) is 22.6. The molecule has 1 fully saturated rings. The SMILES string of the molecule is C1CCOC1.Cc1cnc(N)nc1-n1ccc(C(=O)N(C)C(CO)c2cccc(Cl)c2)c1. The number of carbonyl (C=O) groups excluding carboxylic acids is 1. The molecule has 1 amide bonds. The molecule has 3 N–H and O–H groups in total. The van der Waals surface area contributed by atoms with E-state index >= 15 is 0 Å². The molecule has 4 rings (SSSR count). The molecule has 9 heteroatoms. The summed E-state index contributed by atoms with van der Waals surface area (Å²) in [6.07, 6.45) is 7.61. The van der Waals surface area contributed by atoms with Crippen LogP contribution in [0.2, 0.25) is 5.02 Å². The second-order valence-corrected chi connectivity index (χ2v) is 7.97. The summed E-state index contributed by atoms with van der Waals surface area (Å²) in [6.45, 7) is 3.65. The zero-order chi connectivity index (χ0) is 23.1. The number of likely N-dealkylation sites (N-methyl/N-ethyl adjacent to an activating group) is 1. The highest BCUT2D eigenvalue weighted by Gasteiger charge is 2.23. The number of aromatic nitrogens is 3. The summed E-state index contributed by atoms with van der Waals surface area (Å²) in [5, 5.41) is 10.4. The van der Waals surface area contributed by atoms with Crippen LogP contribution in [-0.4, -0.2) is 57.3 Å². The van der Waals surface area contributed by atoms with Crippen LogP contribution in [0.15, 0.2) is 48.9 Å². The molecule has 32 heavy (non-hydrogen) atoms. The Hall–Kier alpha value is -2.94. The van der Waals surface area contributed by atoms with E-state index in [9.17, 15) is 9.90 Å². The highest BCUT2D eigenvalue weighted by atomic mass is 35.5. The van der Waals surface area contributed by atoms with Gasteiger partial charge in [-0.15, -0.1) is 0 Å². The number of carbonyl (C=O) groups is 1. The lowest BCUT2D eigenvalue weighted by atomic mass is 10.1. The van der Waals surface area contributed by atoms with E-state index in [1.807, 2.05) is 13.0 Å². The molecule has 0 spiro atoms. The number of aryl methyl sites for hydroxylation is 1. The Balaban J connectivity index is 0.000000509. The minimum atomic E-state index is -0.504. The molecule has 0 bridgehead atoms. The Bertz CT molecular complexity index is 1040. The Morgan fingerprint density at radius 3 is 2.72 bits per heavy atom. The van der Waals surface area contributed by atoms with E-state index in [1.54, 1.807) is 54.5 Å². The lowest BCUT2D eigenvalue weighted by molar-refractivity contribution is 0.0658. The Kier molecular flexibility index (Phi) is 8.21. The first-order chi connectivity index (χ1) is 15.4. The number of aliphatic hydroxyl groups is 1. The van der Waals surface area contributed by atoms with Crippen LogP contribution in [0.3, 0.4) is 0 Å². The number of aliphatic hydroxyl groups excluding tert-OH is 1. The van der Waals surface area contributed by atoms with E-state index in [4.69, 9.17) is 22.1 Å². The molecule has 1 atom stereocenters. The monoisotopic (exact) mass is 457 g/mol. The lowest BCUT2D eigenvalue weighted by Gasteiger charge is -2.27. The fourth-order valence-electron chi connectivity index (χ4n) is 3.38. The van der Waals surface area contributed by atoms with E-state index in [2.05, 4.69) is 9.97 Å². The highest BCUT2D eigenvalue weighted by Crippen LogP contribution is 2.24. The topological polar surface area (TPSA) is 106 Å². The van der Waals surface area contributed by atoms with Crippen molar-refractivity contribution >= 4 is 23.5 Å². The van der Waals surface area contributed by atoms with Gasteiger partial charge in [0, 0.05) is 49.4 Å². The van der Waals surface area contributed by atoms with Crippen molar-refractivity contribution in [2.45, 2.75) is 25.8 Å². The van der Waals surface area contributed by atoms with Crippen molar-refractivity contribution < 1.29 is 14.6 Å². The molecular formula is C23H28ClN5O3. The maximum atomic E-state index is 12.9. The third-order valence-electron chi connectivity index (χ3n) is 5.17. The normalized spacial score (nSPS) is 13.9. The summed E-state index contributed by atoms with van der Waals surface area (Å²) in [5.74, 6) is 0.542. The van der Waals surface area contributed by atoms with Crippen LogP contribution < -0.4 is 5.73 Å². The van der Waals surface area contributed by atoms with Crippen molar-refractivity contribution in [3.05, 3.63) is 70.6 Å². The molecule has 0 aliphatic carbocycles. The second kappa shape index (κ2) is 11.1. The van der Waals surface area contributed by atoms with Crippen LogP contribution in [0.25, 0.3) is 5.82 Å². The molecule has 0 radical (unpaired) electrons. The van der Waals surface area contributed by atoms with Crippen LogP contribution in [0.5, 0.6) is 0 Å². The average Bonchev–Trinajstić information content (AvgIpc) is 3.51. The van der Waals surface area contributed by atoms with Gasteiger partial charge in [-0.3, -0.25) is 4.79 Å². The van der Waals surface area contributed by atoms with Gasteiger partial charge in [0.25, 0.3) is 5.91 Å². The van der Waals surface area contributed by atoms with E-state index in [-0.39, 0.29) is 18.5 Å². The molecule has 3 heterocycles. The second-order valence-electron chi connectivity index (χ2n) is 7.53. The Morgan fingerprint density at radius 1 is 1.34 bits per heavy atom. The van der Waals surface area contributed by atoms with Gasteiger partial charge >= 0.3 is 0 Å². The van der Waals surface area contributed by atoms with Gasteiger partial charge in [0.15, 0.2) is 0 Å². The van der Waals surface area contributed by atoms with E-state index in [1.165, 1.54) is 17.7 Å². The molecule has 8 nitrogen and oxygen atoms in total. The van der Waals surface area contributed by atoms with Crippen molar-refractivity contribution in [2.75, 3.05) is 32.6 Å². The number of halogens is 1. The fourth-order valence-corrected chi connectivity index (χ4v) is 3.58. The molecule has 3 aromatic rings. The largest absolute Gasteiger partial charge is 0.394 e. The third-order valence-corrected chi connectivity index (χ3v) is 5.40. The molecule has 1 aliphatic heterocycles. The van der Waals surface area contributed by atoms with Gasteiger partial charge in [0.2, 0.25) is 5.95 Å². The number of hydrogen-bond donors (Lipinski definition) is 2. The first kappa shape index (κ1) is 23.7. The number of ether oxygens (including phenoxy) is 1. The maximum Gasteiger partial charge on any atom is 0.255 e. The predicted molar refractivity (Wildman–Crippen MR) is 124 cm³/mol. The van der Waals surface area contributed by atoms with Crippen LogP contribution in [0.1, 0.15) is 40.4 Å². The molecule has 1 aromatic carbocycles. The number of benzene rings is 1. The molecule has 0 saturated carbocycles. The molecular weight excluding hydrogens is 430 g/mol. The number of anilines is 1. The van der Waals surface area contributed by atoms with Crippen molar-refractivity contribution in [1.82, 2.24) is 19.4 Å². The predicted octanol–water partition coefficient (Wildman–Crippen LogP) is 3.41. The lowest BCUT2D eigenvalue weighted by Crippen LogP contribution is -2.33. The van der Waals surface area contributed by atoms with Crippen LogP contribution >= 0.6 is 11.6 Å². The highest BCUT2D eigenvalue weighted by molar-refractivity contribution is 6.30. The van der Waals surface area contributed by atoms with Gasteiger partial charge in [-0.2, -0.15) is 4.98 Å². The van der Waals surface area contributed by atoms with E-state index in [0.717, 1.165) is 24.3 Å². The van der Waals surface area contributed by atoms with Gasteiger partial charge in [-0.1, -0.05) is 23.7 Å². The number of nitrogens with two attached hydrogens (primary N) is 1. The summed E-state index contributed by atoms with van der Waals surface area (Å²) >= 11 is 6.04. The number of rotatable bonds is 5. The van der Waals surface area contributed by atoms with Crippen molar-refractivity contribution in [3.8, 4) is 5.82 Å². The fraction of sp³-hybridized carbons (Fsp3) is 0.348. The first-order valence-corrected chi connectivity index (χ1v) is 10.8. The average molecular weight is 458 g/mol. The number of nitrogens with zero attached hydrogens (tertiary/aromatic N) is 4. The van der Waals surface area contributed by atoms with Gasteiger partial charge in [0.05, 0.1) is 18.2 Å². The zero-order valence-electron chi connectivity index (χ0n) is 18.2. The van der Waals surface area contributed by atoms with Crippen molar-refractivity contribution in [3.63, 3.8) is 0 Å². The smallest absolute Gasteiger partial charge is 0.255 e. The minimum absolute atomic E-state index is 0.163. The van der Waals surface area contributed by atoms with Crippen molar-refractivity contribution in [1.29, 1.82) is 0 Å². The molecule has 1 unspecified atom stereocenters. The van der Waals surface area contributed by atoms with Gasteiger partial charge in [-0.05, 0) is 43.5 Å². The van der Waals surface area contributed by atoms with Crippen LogP contribution in [0.4, 0.5) is 5.95 Å². The number of nitrogen functional groups attached to an aromatic ring is 1. The quantitative estimate of drug-likeness (QED) is 0.608. The minimum Gasteiger partial charge on any atom is -0.394 e. The van der Waals surface area contributed by atoms with Gasteiger partial charge in [0.1, 0.15) is 5.82 Å². The number of hydrogen-bond acceptors (Lipinski definition) is 6. The van der Waals surface area contributed by atoms with Crippen LogP contribution in [-0.2, 0) is 4.74 Å². The molecule has 170 valence electrons. The maximum absolute atomic E-state index is 12.9. The first-order valence-electron chi connectivity index (χ1n) is 10.4. The molecule has 2 aromatic heterocycles. The van der Waals surface area contributed by atoms with Crippen molar-refractivity contribution in [2.24, 2.45) is 0 Å². The van der Waals surface area contributed by atoms with Gasteiger partial charge < -0.3 is 25.0 Å². The standard InChI is InChI=1S/C19H20ClN5O2.C4H8O/c1-12-9-22-19(21)23-17(12)25-7-6-14(10-25)18(27)24(2)16(11-26)13-4-3-5-15(20)8-13;1-2-4-5-3-1/h3-10,16,26H,11H2,1-2H3,(H2,21,22,23);1-4H2. The van der Waals surface area contributed by atoms with E-state index in [0.29, 0.717) is 16.4 Å². The third kappa shape index (κ3) is 5.85. The zero-order valence-corrected chi connectivity index (χ0v) is 19.0. The summed E-state index contributed by atoms with van der Waals surface area (Å²) in [5.41, 5.74) is 7.73. The summed E-state index contributed by atoms with van der Waals surface area (Å²) < 4.78 is 6.67. The number of amides is 1. The summed E-state index contributed by atoms with van der Waals surface area (Å²) in [7, 11) is 1.65. The molecule has 1 aliphatic rings. The Morgan fingerprint density at radius 2 is 2.09 bits per heavy atom. The van der Waals surface area contributed by atoms with Crippen LogP contribution in [0, 0.1) is 6.92 Å². The van der Waals surface area contributed by atoms with Gasteiger partial charge in [-0.25, -0.2) is 4.98 Å². The van der Waals surface area contributed by atoms with E-state index < -0.39 is 6.04 Å². The Labute approximate surface area is 192 Å². The molecule has 1 saturated heterocycles. The summed E-state index contributed by atoms with van der Waals surface area (Å²) in [6, 6.07) is 8.30.